The highest BCUT2D eigenvalue weighted by Gasteiger charge is 2.42. The lowest BCUT2D eigenvalue weighted by Crippen LogP contribution is -2.44. The van der Waals surface area contributed by atoms with E-state index < -0.39 is 22.4 Å². The number of rotatable bonds is 6. The number of esters is 1. The van der Waals surface area contributed by atoms with Gasteiger partial charge in [0.05, 0.1) is 11.5 Å². The van der Waals surface area contributed by atoms with E-state index in [1.54, 1.807) is 29.2 Å². The van der Waals surface area contributed by atoms with E-state index in [9.17, 15) is 18.0 Å². The topological polar surface area (TPSA) is 99.2 Å². The molecule has 0 radical (unpaired) electrons. The van der Waals surface area contributed by atoms with E-state index in [-0.39, 0.29) is 36.3 Å². The minimum absolute atomic E-state index is 0.00674. The van der Waals surface area contributed by atoms with Gasteiger partial charge >= 0.3 is 5.97 Å². The average molecular weight is 407 g/mol. The van der Waals surface area contributed by atoms with E-state index in [0.29, 0.717) is 17.9 Å². The minimum Gasteiger partial charge on any atom is -0.454 e. The van der Waals surface area contributed by atoms with Gasteiger partial charge in [0.15, 0.2) is 27.9 Å². The van der Waals surface area contributed by atoms with Crippen molar-refractivity contribution in [1.29, 1.82) is 0 Å². The quantitative estimate of drug-likeness (QED) is 0.515. The molecule has 1 saturated heterocycles. The number of carbonyl (C=O) groups excluding carboxylic acids is 2. The van der Waals surface area contributed by atoms with Crippen LogP contribution in [0.4, 0.5) is 0 Å². The third-order valence-electron chi connectivity index (χ3n) is 4.98. The van der Waals surface area contributed by atoms with E-state index >= 15 is 0 Å². The Bertz CT molecular complexity index is 920. The van der Waals surface area contributed by atoms with Crippen molar-refractivity contribution in [3.05, 3.63) is 29.8 Å². The molecule has 28 heavy (non-hydrogen) atoms. The van der Waals surface area contributed by atoms with Crippen LogP contribution >= 0.6 is 0 Å². The number of nitrogens with zero attached hydrogens (tertiary/aromatic N) is 1. The van der Waals surface area contributed by atoms with Gasteiger partial charge < -0.3 is 19.1 Å². The molecule has 0 bridgehead atoms. The van der Waals surface area contributed by atoms with Gasteiger partial charge in [-0.1, -0.05) is 6.07 Å². The Morgan fingerprint density at radius 1 is 1.14 bits per heavy atom. The van der Waals surface area contributed by atoms with E-state index in [0.717, 1.165) is 18.4 Å². The zero-order valence-corrected chi connectivity index (χ0v) is 16.0. The minimum atomic E-state index is -3.09. The van der Waals surface area contributed by atoms with Crippen LogP contribution < -0.4 is 9.47 Å². The summed E-state index contributed by atoms with van der Waals surface area (Å²) < 4.78 is 39.0. The largest absolute Gasteiger partial charge is 0.454 e. The molecule has 1 amide bonds. The van der Waals surface area contributed by atoms with E-state index in [1.165, 1.54) is 6.08 Å². The van der Waals surface area contributed by atoms with Gasteiger partial charge in [0.25, 0.3) is 5.91 Å². The van der Waals surface area contributed by atoms with Crippen LogP contribution in [0, 0.1) is 0 Å². The molecule has 1 aromatic rings. The summed E-state index contributed by atoms with van der Waals surface area (Å²) in [5.41, 5.74) is 0.739. The van der Waals surface area contributed by atoms with Gasteiger partial charge in [-0.15, -0.1) is 0 Å². The second-order valence-corrected chi connectivity index (χ2v) is 9.37. The molecular formula is C19H21NO7S. The molecule has 1 aliphatic carbocycles. The summed E-state index contributed by atoms with van der Waals surface area (Å²) in [5, 5.41) is 0. The number of hydrogen-bond acceptors (Lipinski definition) is 7. The van der Waals surface area contributed by atoms with Gasteiger partial charge in [0.2, 0.25) is 6.79 Å². The third-order valence-corrected chi connectivity index (χ3v) is 6.73. The zero-order chi connectivity index (χ0) is 19.7. The lowest BCUT2D eigenvalue weighted by Gasteiger charge is -2.28. The summed E-state index contributed by atoms with van der Waals surface area (Å²) in [6.07, 6.45) is 4.98. The van der Waals surface area contributed by atoms with E-state index in [4.69, 9.17) is 14.2 Å². The fourth-order valence-corrected chi connectivity index (χ4v) is 5.20. The molecule has 2 fully saturated rings. The summed E-state index contributed by atoms with van der Waals surface area (Å²) in [7, 11) is -3.09. The molecule has 2 heterocycles. The van der Waals surface area contributed by atoms with Crippen LogP contribution in [0.15, 0.2) is 24.3 Å². The van der Waals surface area contributed by atoms with Crippen molar-refractivity contribution in [1.82, 2.24) is 4.90 Å². The molecule has 8 nitrogen and oxygen atoms in total. The van der Waals surface area contributed by atoms with E-state index in [2.05, 4.69) is 0 Å². The van der Waals surface area contributed by atoms with Crippen molar-refractivity contribution in [2.75, 3.05) is 24.9 Å². The van der Waals surface area contributed by atoms with E-state index in [1.807, 2.05) is 0 Å². The fraction of sp³-hybridized carbons (Fsp3) is 0.474. The van der Waals surface area contributed by atoms with Crippen LogP contribution in [0.5, 0.6) is 11.5 Å². The maximum atomic E-state index is 12.5. The van der Waals surface area contributed by atoms with Crippen LogP contribution in [0.25, 0.3) is 6.08 Å². The first-order chi connectivity index (χ1) is 13.4. The van der Waals surface area contributed by atoms with Crippen LogP contribution in [0.1, 0.15) is 24.8 Å². The summed E-state index contributed by atoms with van der Waals surface area (Å²) in [6.45, 7) is -0.218. The Labute approximate surface area is 163 Å². The Balaban J connectivity index is 1.31. The number of hydrogen-bond donors (Lipinski definition) is 0. The molecule has 1 aromatic carbocycles. The van der Waals surface area contributed by atoms with Crippen molar-refractivity contribution < 1.29 is 32.2 Å². The second kappa shape index (κ2) is 7.46. The lowest BCUT2D eigenvalue weighted by atomic mass is 10.2. The standard InChI is InChI=1S/C19H21NO7S/c21-18(20(14-3-4-14)15-7-8-28(23,24)11-15)10-25-19(22)6-2-13-1-5-16-17(9-13)27-12-26-16/h1-2,5-6,9,14-15H,3-4,7-8,10-12H2/b6-2+/t15-/m0/s1. The molecule has 9 heteroatoms. The van der Waals surface area contributed by atoms with Crippen LogP contribution in [-0.2, 0) is 24.2 Å². The number of ether oxygens (including phenoxy) is 3. The van der Waals surface area contributed by atoms with Crippen molar-refractivity contribution in [3.63, 3.8) is 0 Å². The zero-order valence-electron chi connectivity index (χ0n) is 15.2. The van der Waals surface area contributed by atoms with Crippen LogP contribution in [-0.4, -0.2) is 62.2 Å². The number of sulfone groups is 1. The molecule has 150 valence electrons. The number of carbonyl (C=O) groups is 2. The number of fused-ring (bicyclic) bond motifs is 1. The molecule has 0 aromatic heterocycles. The lowest BCUT2D eigenvalue weighted by molar-refractivity contribution is -0.149. The summed E-state index contributed by atoms with van der Waals surface area (Å²) in [4.78, 5) is 26.1. The highest BCUT2D eigenvalue weighted by atomic mass is 32.2. The first kappa shape index (κ1) is 18.8. The first-order valence-corrected chi connectivity index (χ1v) is 11.0. The molecule has 1 atom stereocenters. The SMILES string of the molecule is O=C(/C=C/c1ccc2c(c1)OCO2)OCC(=O)N(C1CC1)[C@H]1CCS(=O)(=O)C1. The molecule has 0 spiro atoms. The highest BCUT2D eigenvalue weighted by Crippen LogP contribution is 2.33. The van der Waals surface area contributed by atoms with Crippen molar-refractivity contribution in [3.8, 4) is 11.5 Å². The van der Waals surface area contributed by atoms with Crippen molar-refractivity contribution in [2.24, 2.45) is 0 Å². The molecule has 3 aliphatic rings. The van der Waals surface area contributed by atoms with Gasteiger partial charge in [-0.3, -0.25) is 4.79 Å². The Morgan fingerprint density at radius 2 is 1.93 bits per heavy atom. The van der Waals surface area contributed by atoms with Gasteiger partial charge in [-0.05, 0) is 43.0 Å². The van der Waals surface area contributed by atoms with Crippen LogP contribution in [0.3, 0.4) is 0 Å². The second-order valence-electron chi connectivity index (χ2n) is 7.14. The fourth-order valence-electron chi connectivity index (χ4n) is 3.49. The molecule has 1 saturated carbocycles. The van der Waals surface area contributed by atoms with Gasteiger partial charge in [-0.2, -0.15) is 0 Å². The number of amides is 1. The average Bonchev–Trinajstić information content (AvgIpc) is 3.26. The molecule has 2 aliphatic heterocycles. The van der Waals surface area contributed by atoms with Gasteiger partial charge in [0, 0.05) is 18.2 Å². The predicted molar refractivity (Wildman–Crippen MR) is 99.5 cm³/mol. The number of benzene rings is 1. The van der Waals surface area contributed by atoms with Crippen LogP contribution in [0.2, 0.25) is 0 Å². The summed E-state index contributed by atoms with van der Waals surface area (Å²) in [5.74, 6) is 0.381. The Morgan fingerprint density at radius 3 is 2.64 bits per heavy atom. The summed E-state index contributed by atoms with van der Waals surface area (Å²) >= 11 is 0. The van der Waals surface area contributed by atoms with Gasteiger partial charge in [-0.25, -0.2) is 13.2 Å². The maximum Gasteiger partial charge on any atom is 0.331 e. The van der Waals surface area contributed by atoms with Crippen molar-refractivity contribution in [2.45, 2.75) is 31.3 Å². The van der Waals surface area contributed by atoms with Gasteiger partial charge in [0.1, 0.15) is 0 Å². The summed E-state index contributed by atoms with van der Waals surface area (Å²) in [6, 6.07) is 5.02. The smallest absolute Gasteiger partial charge is 0.331 e. The third kappa shape index (κ3) is 4.30. The monoisotopic (exact) mass is 407 g/mol. The predicted octanol–water partition coefficient (Wildman–Crippen LogP) is 1.15. The Kier molecular flexibility index (Phi) is 5.01. The first-order valence-electron chi connectivity index (χ1n) is 9.17. The molecule has 4 rings (SSSR count). The molecule has 0 unspecified atom stereocenters. The Hall–Kier alpha value is -2.55. The highest BCUT2D eigenvalue weighted by molar-refractivity contribution is 7.91. The molecule has 0 N–H and O–H groups in total. The molecular weight excluding hydrogens is 386 g/mol. The van der Waals surface area contributed by atoms with Crippen molar-refractivity contribution >= 4 is 27.8 Å². The normalized spacial score (nSPS) is 22.4. The maximum absolute atomic E-state index is 12.5.